The monoisotopic (exact) mass is 182 g/mol. The van der Waals surface area contributed by atoms with Crippen LogP contribution in [0.25, 0.3) is 0 Å². The van der Waals surface area contributed by atoms with Gasteiger partial charge in [0.05, 0.1) is 0 Å². The van der Waals surface area contributed by atoms with Gasteiger partial charge in [-0.3, -0.25) is 0 Å². The molecule has 3 atom stereocenters. The highest BCUT2D eigenvalue weighted by molar-refractivity contribution is 4.91. The molecule has 1 rings (SSSR count). The standard InChI is InChI=1S/C13H26/c1-6-12(4)8-9-13(5,7-2)11(3)10-12/h11H,6-10H2,1-5H3. The van der Waals surface area contributed by atoms with Crippen molar-refractivity contribution in [2.24, 2.45) is 16.7 Å². The molecule has 0 N–H and O–H groups in total. The first-order valence-corrected chi connectivity index (χ1v) is 5.96. The molecule has 1 aliphatic rings. The fraction of sp³-hybridized carbons (Fsp3) is 1.00. The zero-order valence-electron chi connectivity index (χ0n) is 10.1. The van der Waals surface area contributed by atoms with E-state index in [2.05, 4.69) is 34.6 Å². The van der Waals surface area contributed by atoms with Crippen LogP contribution in [0.5, 0.6) is 0 Å². The van der Waals surface area contributed by atoms with Crippen LogP contribution in [0, 0.1) is 16.7 Å². The zero-order valence-corrected chi connectivity index (χ0v) is 10.1. The van der Waals surface area contributed by atoms with Crippen molar-refractivity contribution >= 4 is 0 Å². The van der Waals surface area contributed by atoms with Gasteiger partial charge in [-0.1, -0.05) is 47.5 Å². The molecule has 0 radical (unpaired) electrons. The van der Waals surface area contributed by atoms with E-state index in [-0.39, 0.29) is 0 Å². The molecule has 0 spiro atoms. The molecule has 1 fully saturated rings. The van der Waals surface area contributed by atoms with Crippen LogP contribution < -0.4 is 0 Å². The molecule has 0 bridgehead atoms. The quantitative estimate of drug-likeness (QED) is 0.583. The van der Waals surface area contributed by atoms with Crippen molar-refractivity contribution in [3.05, 3.63) is 0 Å². The van der Waals surface area contributed by atoms with Crippen LogP contribution in [0.15, 0.2) is 0 Å². The molecule has 0 nitrogen and oxygen atoms in total. The van der Waals surface area contributed by atoms with E-state index in [1.54, 1.807) is 0 Å². The summed E-state index contributed by atoms with van der Waals surface area (Å²) in [5.41, 5.74) is 1.28. The first-order valence-electron chi connectivity index (χ1n) is 5.96. The van der Waals surface area contributed by atoms with Crippen LogP contribution in [0.3, 0.4) is 0 Å². The summed E-state index contributed by atoms with van der Waals surface area (Å²) in [4.78, 5) is 0. The maximum atomic E-state index is 2.48. The van der Waals surface area contributed by atoms with Gasteiger partial charge in [-0.05, 0) is 36.0 Å². The maximum Gasteiger partial charge on any atom is -0.0302 e. The molecule has 0 aliphatic heterocycles. The van der Waals surface area contributed by atoms with Gasteiger partial charge in [-0.15, -0.1) is 0 Å². The summed E-state index contributed by atoms with van der Waals surface area (Å²) in [6.45, 7) is 12.1. The molecular formula is C13H26. The van der Waals surface area contributed by atoms with Crippen molar-refractivity contribution in [2.45, 2.75) is 66.7 Å². The van der Waals surface area contributed by atoms with Crippen LogP contribution in [0.1, 0.15) is 66.7 Å². The van der Waals surface area contributed by atoms with Gasteiger partial charge in [0, 0.05) is 0 Å². The van der Waals surface area contributed by atoms with Crippen LogP contribution in [-0.4, -0.2) is 0 Å². The van der Waals surface area contributed by atoms with E-state index < -0.39 is 0 Å². The Morgan fingerprint density at radius 1 is 1.08 bits per heavy atom. The van der Waals surface area contributed by atoms with Crippen LogP contribution >= 0.6 is 0 Å². The van der Waals surface area contributed by atoms with Gasteiger partial charge < -0.3 is 0 Å². The van der Waals surface area contributed by atoms with Crippen molar-refractivity contribution in [1.82, 2.24) is 0 Å². The highest BCUT2D eigenvalue weighted by Crippen LogP contribution is 2.51. The zero-order chi connectivity index (χ0) is 10.1. The number of hydrogen-bond acceptors (Lipinski definition) is 0. The van der Waals surface area contributed by atoms with Gasteiger partial charge in [-0.25, -0.2) is 0 Å². The fourth-order valence-corrected chi connectivity index (χ4v) is 2.77. The Balaban J connectivity index is 2.66. The molecular weight excluding hydrogens is 156 g/mol. The number of rotatable bonds is 2. The van der Waals surface area contributed by atoms with E-state index in [9.17, 15) is 0 Å². The Bertz CT molecular complexity index is 173. The lowest BCUT2D eigenvalue weighted by molar-refractivity contribution is 0.0358. The van der Waals surface area contributed by atoms with Crippen molar-refractivity contribution in [3.63, 3.8) is 0 Å². The van der Waals surface area contributed by atoms with Gasteiger partial charge in [0.2, 0.25) is 0 Å². The Morgan fingerprint density at radius 3 is 2.08 bits per heavy atom. The summed E-state index contributed by atoms with van der Waals surface area (Å²) in [7, 11) is 0. The SMILES string of the molecule is CCC1(C)CCC(C)(CC)C(C)C1. The predicted molar refractivity (Wildman–Crippen MR) is 59.8 cm³/mol. The minimum absolute atomic E-state index is 0.634. The fourth-order valence-electron chi connectivity index (χ4n) is 2.77. The molecule has 0 heteroatoms. The van der Waals surface area contributed by atoms with Gasteiger partial charge in [0.15, 0.2) is 0 Å². The minimum Gasteiger partial charge on any atom is -0.0649 e. The highest BCUT2D eigenvalue weighted by atomic mass is 14.5. The van der Waals surface area contributed by atoms with Crippen LogP contribution in [0.4, 0.5) is 0 Å². The first kappa shape index (κ1) is 11.1. The van der Waals surface area contributed by atoms with Crippen molar-refractivity contribution in [2.75, 3.05) is 0 Å². The van der Waals surface area contributed by atoms with E-state index >= 15 is 0 Å². The maximum absolute atomic E-state index is 2.48. The second-order valence-electron chi connectivity index (χ2n) is 5.78. The van der Waals surface area contributed by atoms with E-state index in [4.69, 9.17) is 0 Å². The predicted octanol–water partition coefficient (Wildman–Crippen LogP) is 4.64. The van der Waals surface area contributed by atoms with Gasteiger partial charge in [0.1, 0.15) is 0 Å². The summed E-state index contributed by atoms with van der Waals surface area (Å²) in [6.07, 6.45) is 7.03. The van der Waals surface area contributed by atoms with Crippen molar-refractivity contribution in [1.29, 1.82) is 0 Å². The summed E-state index contributed by atoms with van der Waals surface area (Å²) in [6, 6.07) is 0. The highest BCUT2D eigenvalue weighted by Gasteiger charge is 2.40. The minimum atomic E-state index is 0.634. The lowest BCUT2D eigenvalue weighted by atomic mass is 9.58. The Labute approximate surface area is 84.1 Å². The Kier molecular flexibility index (Phi) is 3.09. The summed E-state index contributed by atoms with van der Waals surface area (Å²) in [5, 5.41) is 0. The lowest BCUT2D eigenvalue weighted by Crippen LogP contribution is -2.36. The average Bonchev–Trinajstić information content (AvgIpc) is 2.13. The molecule has 0 heterocycles. The Morgan fingerprint density at radius 2 is 1.69 bits per heavy atom. The molecule has 1 aliphatic carbocycles. The third-order valence-electron chi connectivity index (χ3n) is 4.95. The molecule has 13 heavy (non-hydrogen) atoms. The Hall–Kier alpha value is 0. The van der Waals surface area contributed by atoms with Crippen LogP contribution in [0.2, 0.25) is 0 Å². The molecule has 0 amide bonds. The van der Waals surface area contributed by atoms with Gasteiger partial charge in [-0.2, -0.15) is 0 Å². The third-order valence-corrected chi connectivity index (χ3v) is 4.95. The molecule has 0 aromatic heterocycles. The van der Waals surface area contributed by atoms with Gasteiger partial charge in [0.25, 0.3) is 0 Å². The van der Waals surface area contributed by atoms with Crippen LogP contribution in [-0.2, 0) is 0 Å². The lowest BCUT2D eigenvalue weighted by Gasteiger charge is -2.47. The molecule has 0 aromatic carbocycles. The first-order chi connectivity index (χ1) is 5.96. The topological polar surface area (TPSA) is 0 Å². The summed E-state index contributed by atoms with van der Waals surface area (Å²) >= 11 is 0. The van der Waals surface area contributed by atoms with Crippen molar-refractivity contribution < 1.29 is 0 Å². The smallest absolute Gasteiger partial charge is 0.0302 e. The summed E-state index contributed by atoms with van der Waals surface area (Å²) < 4.78 is 0. The van der Waals surface area contributed by atoms with E-state index in [0.29, 0.717) is 10.8 Å². The summed E-state index contributed by atoms with van der Waals surface area (Å²) in [5.74, 6) is 0.913. The molecule has 3 unspecified atom stereocenters. The second-order valence-corrected chi connectivity index (χ2v) is 5.78. The molecule has 1 saturated carbocycles. The molecule has 0 saturated heterocycles. The second kappa shape index (κ2) is 3.63. The van der Waals surface area contributed by atoms with E-state index in [1.165, 1.54) is 32.1 Å². The van der Waals surface area contributed by atoms with E-state index in [0.717, 1.165) is 5.92 Å². The normalized spacial score (nSPS) is 46.4. The molecule has 78 valence electrons. The molecule has 0 aromatic rings. The number of hydrogen-bond donors (Lipinski definition) is 0. The average molecular weight is 182 g/mol. The van der Waals surface area contributed by atoms with Crippen molar-refractivity contribution in [3.8, 4) is 0 Å². The van der Waals surface area contributed by atoms with E-state index in [1.807, 2.05) is 0 Å². The van der Waals surface area contributed by atoms with Gasteiger partial charge >= 0.3 is 0 Å². The third kappa shape index (κ3) is 2.08. The largest absolute Gasteiger partial charge is 0.0649 e.